The summed E-state index contributed by atoms with van der Waals surface area (Å²) in [4.78, 5) is 20.3. The Bertz CT molecular complexity index is 1070. The molecule has 0 radical (unpaired) electrons. The highest BCUT2D eigenvalue weighted by atomic mass is 35.5. The predicted molar refractivity (Wildman–Crippen MR) is 115 cm³/mol. The van der Waals surface area contributed by atoms with Crippen molar-refractivity contribution in [2.45, 2.75) is 42.8 Å². The fraction of sp³-hybridized carbons (Fsp3) is 0.250. The molecule has 0 saturated carbocycles. The molecule has 7 nitrogen and oxygen atoms in total. The van der Waals surface area contributed by atoms with Gasteiger partial charge in [0.2, 0.25) is 0 Å². The molecule has 1 unspecified atom stereocenters. The number of rotatable bonds is 7. The number of ether oxygens (including phenoxy) is 1. The summed E-state index contributed by atoms with van der Waals surface area (Å²) >= 11 is 12.2. The zero-order valence-electron chi connectivity index (χ0n) is 16.3. The molecule has 1 amide bonds. The molecule has 10 heteroatoms. The molecule has 158 valence electrons. The average molecular weight is 467 g/mol. The summed E-state index contributed by atoms with van der Waals surface area (Å²) in [6.45, 7) is 4.11. The monoisotopic (exact) mass is 466 g/mol. The Labute approximate surface area is 186 Å². The Balaban J connectivity index is 2.16. The van der Waals surface area contributed by atoms with Gasteiger partial charge < -0.3 is 15.0 Å². The van der Waals surface area contributed by atoms with Gasteiger partial charge in [0, 0.05) is 27.3 Å². The van der Waals surface area contributed by atoms with Crippen LogP contribution in [0.4, 0.5) is 4.79 Å². The summed E-state index contributed by atoms with van der Waals surface area (Å²) in [5.74, 6) is 0.399. The number of carbonyl (C=O) groups is 1. The Hall–Kier alpha value is -2.42. The van der Waals surface area contributed by atoms with Crippen LogP contribution in [0.5, 0.6) is 0 Å². The number of amides is 1. The molecule has 0 aliphatic heterocycles. The minimum Gasteiger partial charge on any atom is -0.442 e. The van der Waals surface area contributed by atoms with E-state index in [1.807, 2.05) is 26.0 Å². The van der Waals surface area contributed by atoms with Crippen molar-refractivity contribution < 1.29 is 13.7 Å². The van der Waals surface area contributed by atoms with Gasteiger partial charge in [0.05, 0.1) is 12.2 Å². The van der Waals surface area contributed by atoms with Gasteiger partial charge in [0.1, 0.15) is 21.6 Å². The van der Waals surface area contributed by atoms with Gasteiger partial charge in [-0.2, -0.15) is 0 Å². The highest BCUT2D eigenvalue weighted by molar-refractivity contribution is 7.85. The third-order valence-corrected chi connectivity index (χ3v) is 6.11. The predicted octanol–water partition coefficient (Wildman–Crippen LogP) is 4.52. The number of aromatic nitrogens is 3. The normalized spacial score (nSPS) is 12.2. The quantitative estimate of drug-likeness (QED) is 0.551. The minimum atomic E-state index is -1.63. The first kappa shape index (κ1) is 22.3. The van der Waals surface area contributed by atoms with E-state index in [1.54, 1.807) is 35.2 Å². The second kappa shape index (κ2) is 9.59. The largest absolute Gasteiger partial charge is 0.442 e. The van der Waals surface area contributed by atoms with Gasteiger partial charge in [-0.3, -0.25) is 4.98 Å². The smallest absolute Gasteiger partial charge is 0.404 e. The number of primary amides is 1. The van der Waals surface area contributed by atoms with Gasteiger partial charge in [0.15, 0.2) is 6.61 Å². The van der Waals surface area contributed by atoms with E-state index in [4.69, 9.17) is 33.7 Å². The van der Waals surface area contributed by atoms with Crippen LogP contribution in [0.25, 0.3) is 0 Å². The number of carbonyl (C=O) groups excluding carboxylic acids is 1. The lowest BCUT2D eigenvalue weighted by Crippen LogP contribution is -2.16. The van der Waals surface area contributed by atoms with Crippen molar-refractivity contribution in [1.29, 1.82) is 0 Å². The summed E-state index contributed by atoms with van der Waals surface area (Å²) < 4.78 is 20.4. The summed E-state index contributed by atoms with van der Waals surface area (Å²) in [7, 11) is -1.63. The molecule has 0 bridgehead atoms. The second-order valence-corrected chi connectivity index (χ2v) is 9.06. The molecule has 2 aromatic heterocycles. The van der Waals surface area contributed by atoms with Crippen LogP contribution in [0, 0.1) is 0 Å². The highest BCUT2D eigenvalue weighted by Gasteiger charge is 2.26. The van der Waals surface area contributed by atoms with Crippen molar-refractivity contribution in [2.75, 3.05) is 0 Å². The van der Waals surface area contributed by atoms with Crippen molar-refractivity contribution in [2.24, 2.45) is 5.73 Å². The molecule has 0 fully saturated rings. The number of hydrogen-bond acceptors (Lipinski definition) is 5. The number of nitrogens with zero attached hydrogens (tertiary/aromatic N) is 3. The number of pyridine rings is 1. The second-order valence-electron chi connectivity index (χ2n) is 6.80. The van der Waals surface area contributed by atoms with Gasteiger partial charge in [-0.1, -0.05) is 37.0 Å². The van der Waals surface area contributed by atoms with E-state index in [2.05, 4.69) is 9.97 Å². The topological polar surface area (TPSA) is 100 Å². The zero-order valence-corrected chi connectivity index (χ0v) is 18.7. The highest BCUT2D eigenvalue weighted by Crippen LogP contribution is 2.31. The van der Waals surface area contributed by atoms with Gasteiger partial charge in [-0.25, -0.2) is 14.0 Å². The third kappa shape index (κ3) is 5.19. The van der Waals surface area contributed by atoms with E-state index in [-0.39, 0.29) is 12.5 Å². The number of nitrogens with two attached hydrogens (primary N) is 1. The SMILES string of the molecule is CC(C)c1nc(COC(N)=O)n(Cc2ccncc2)c1S(=O)c1cc(Cl)cc(Cl)c1. The standard InChI is InChI=1S/C20H20Cl2N4O3S/c1-12(2)18-19(30(28)16-8-14(21)7-15(22)9-16)26(10-13-3-5-24-6-4-13)17(25-18)11-29-20(23)27/h3-9,12H,10-11H2,1-2H3,(H2,23,27). The maximum absolute atomic E-state index is 13.6. The number of benzene rings is 1. The average Bonchev–Trinajstić information content (AvgIpc) is 3.04. The van der Waals surface area contributed by atoms with Crippen LogP contribution >= 0.6 is 23.2 Å². The van der Waals surface area contributed by atoms with Crippen LogP contribution in [0.3, 0.4) is 0 Å². The zero-order chi connectivity index (χ0) is 21.8. The third-order valence-electron chi connectivity index (χ3n) is 4.23. The molecule has 0 aliphatic carbocycles. The van der Waals surface area contributed by atoms with Crippen LogP contribution in [-0.4, -0.2) is 24.8 Å². The number of imidazole rings is 1. The van der Waals surface area contributed by atoms with Gasteiger partial charge in [-0.05, 0) is 41.8 Å². The molecule has 3 rings (SSSR count). The van der Waals surface area contributed by atoms with Crippen molar-refractivity contribution in [3.05, 3.63) is 69.9 Å². The van der Waals surface area contributed by atoms with E-state index in [1.165, 1.54) is 0 Å². The number of hydrogen-bond donors (Lipinski definition) is 1. The van der Waals surface area contributed by atoms with Crippen molar-refractivity contribution in [3.8, 4) is 0 Å². The van der Waals surface area contributed by atoms with Crippen LogP contribution < -0.4 is 5.73 Å². The lowest BCUT2D eigenvalue weighted by atomic mass is 10.1. The molecule has 2 N–H and O–H groups in total. The summed E-state index contributed by atoms with van der Waals surface area (Å²) in [5.41, 5.74) is 6.68. The Kier molecular flexibility index (Phi) is 7.12. The maximum atomic E-state index is 13.6. The molecule has 1 aromatic carbocycles. The van der Waals surface area contributed by atoms with Crippen molar-refractivity contribution in [3.63, 3.8) is 0 Å². The molecule has 0 aliphatic rings. The van der Waals surface area contributed by atoms with E-state index < -0.39 is 16.9 Å². The van der Waals surface area contributed by atoms with Crippen LogP contribution in [0.15, 0.2) is 52.6 Å². The first-order valence-corrected chi connectivity index (χ1v) is 10.9. The summed E-state index contributed by atoms with van der Waals surface area (Å²) in [5, 5.41) is 1.26. The minimum absolute atomic E-state index is 0.0374. The molecular weight excluding hydrogens is 447 g/mol. The number of halogens is 2. The molecule has 0 saturated heterocycles. The van der Waals surface area contributed by atoms with Crippen LogP contribution in [0.1, 0.15) is 36.8 Å². The molecular formula is C20H20Cl2N4O3S. The molecule has 30 heavy (non-hydrogen) atoms. The Morgan fingerprint density at radius 2 is 1.83 bits per heavy atom. The molecule has 2 heterocycles. The van der Waals surface area contributed by atoms with Gasteiger partial charge in [0.25, 0.3) is 0 Å². The Morgan fingerprint density at radius 3 is 2.40 bits per heavy atom. The van der Waals surface area contributed by atoms with Gasteiger partial charge >= 0.3 is 6.09 Å². The van der Waals surface area contributed by atoms with E-state index in [9.17, 15) is 9.00 Å². The molecule has 1 atom stereocenters. The van der Waals surface area contributed by atoms with E-state index in [0.29, 0.717) is 38.0 Å². The lowest BCUT2D eigenvalue weighted by Gasteiger charge is -2.14. The van der Waals surface area contributed by atoms with Crippen molar-refractivity contribution in [1.82, 2.24) is 14.5 Å². The van der Waals surface area contributed by atoms with E-state index >= 15 is 0 Å². The summed E-state index contributed by atoms with van der Waals surface area (Å²) in [6.07, 6.45) is 2.43. The molecule has 3 aromatic rings. The maximum Gasteiger partial charge on any atom is 0.404 e. The van der Waals surface area contributed by atoms with Crippen LogP contribution in [0.2, 0.25) is 10.0 Å². The fourth-order valence-electron chi connectivity index (χ4n) is 2.90. The van der Waals surface area contributed by atoms with Gasteiger partial charge in [-0.15, -0.1) is 0 Å². The first-order valence-electron chi connectivity index (χ1n) is 9.04. The van der Waals surface area contributed by atoms with Crippen molar-refractivity contribution >= 4 is 40.1 Å². The van der Waals surface area contributed by atoms with E-state index in [0.717, 1.165) is 5.56 Å². The van der Waals surface area contributed by atoms with Crippen LogP contribution in [-0.2, 0) is 28.7 Å². The first-order chi connectivity index (χ1) is 14.3. The lowest BCUT2D eigenvalue weighted by molar-refractivity contribution is 0.145. The molecule has 0 spiro atoms. The summed E-state index contributed by atoms with van der Waals surface area (Å²) in [6, 6.07) is 8.48. The fourth-order valence-corrected chi connectivity index (χ4v) is 5.09. The Morgan fingerprint density at radius 1 is 1.20 bits per heavy atom.